The van der Waals surface area contributed by atoms with Crippen LogP contribution in [0.4, 0.5) is 0 Å². The van der Waals surface area contributed by atoms with Gasteiger partial charge < -0.3 is 9.32 Å². The molecule has 124 valence electrons. The predicted octanol–water partition coefficient (Wildman–Crippen LogP) is 3.92. The van der Waals surface area contributed by atoms with Crippen molar-refractivity contribution in [1.29, 1.82) is 0 Å². The third kappa shape index (κ3) is 4.01. The number of carbonyl (C=O) groups excluding carboxylic acids is 1. The number of hydrogen-bond acceptors (Lipinski definition) is 4. The summed E-state index contributed by atoms with van der Waals surface area (Å²) in [7, 11) is -1.05. The van der Waals surface area contributed by atoms with E-state index in [1.807, 2.05) is 29.6 Å². The highest BCUT2D eigenvalue weighted by Crippen LogP contribution is 2.18. The van der Waals surface area contributed by atoms with E-state index in [2.05, 4.69) is 0 Å². The second-order valence-electron chi connectivity index (χ2n) is 5.30. The topological polar surface area (TPSA) is 50.5 Å². The summed E-state index contributed by atoms with van der Waals surface area (Å²) in [5.41, 5.74) is 0.576. The van der Waals surface area contributed by atoms with Gasteiger partial charge in [0.15, 0.2) is 0 Å². The second kappa shape index (κ2) is 7.59. The largest absolute Gasteiger partial charge is 0.467 e. The van der Waals surface area contributed by atoms with E-state index in [0.717, 1.165) is 10.6 Å². The van der Waals surface area contributed by atoms with Crippen molar-refractivity contribution in [2.24, 2.45) is 0 Å². The summed E-state index contributed by atoms with van der Waals surface area (Å²) in [4.78, 5) is 16.5. The van der Waals surface area contributed by atoms with Gasteiger partial charge in [-0.05, 0) is 47.8 Å². The summed E-state index contributed by atoms with van der Waals surface area (Å²) in [6, 6.07) is 14.6. The van der Waals surface area contributed by atoms with Crippen molar-refractivity contribution in [3.05, 3.63) is 76.4 Å². The Balaban J connectivity index is 1.82. The molecule has 0 saturated heterocycles. The first-order valence-electron chi connectivity index (χ1n) is 7.41. The highest BCUT2D eigenvalue weighted by molar-refractivity contribution is 7.84. The van der Waals surface area contributed by atoms with Gasteiger partial charge in [-0.25, -0.2) is 0 Å². The van der Waals surface area contributed by atoms with Crippen molar-refractivity contribution >= 4 is 28.0 Å². The maximum atomic E-state index is 12.9. The van der Waals surface area contributed by atoms with Crippen LogP contribution in [0.3, 0.4) is 0 Å². The van der Waals surface area contributed by atoms with Crippen LogP contribution in [0.15, 0.2) is 69.5 Å². The van der Waals surface area contributed by atoms with E-state index in [1.54, 1.807) is 53.0 Å². The molecule has 0 aliphatic rings. The van der Waals surface area contributed by atoms with Crippen molar-refractivity contribution in [3.63, 3.8) is 0 Å². The Morgan fingerprint density at radius 2 is 1.92 bits per heavy atom. The zero-order chi connectivity index (χ0) is 16.9. The first kappa shape index (κ1) is 16.7. The quantitative estimate of drug-likeness (QED) is 0.670. The van der Waals surface area contributed by atoms with Gasteiger partial charge in [0, 0.05) is 32.4 Å². The number of carbonyl (C=O) groups is 1. The zero-order valence-corrected chi connectivity index (χ0v) is 14.8. The molecule has 0 spiro atoms. The molecule has 0 aliphatic carbocycles. The molecule has 3 rings (SSSR count). The van der Waals surface area contributed by atoms with Gasteiger partial charge in [-0.1, -0.05) is 6.07 Å². The summed E-state index contributed by atoms with van der Waals surface area (Å²) in [5, 5.41) is 2.00. The van der Waals surface area contributed by atoms with Crippen LogP contribution in [0.2, 0.25) is 0 Å². The Bertz CT molecular complexity index is 772. The summed E-state index contributed by atoms with van der Waals surface area (Å²) in [6.07, 6.45) is 3.23. The second-order valence-corrected chi connectivity index (χ2v) is 7.71. The van der Waals surface area contributed by atoms with Crippen molar-refractivity contribution in [1.82, 2.24) is 4.90 Å². The molecule has 1 unspecified atom stereocenters. The highest BCUT2D eigenvalue weighted by Gasteiger charge is 2.18. The monoisotopic (exact) mass is 359 g/mol. The lowest BCUT2D eigenvalue weighted by molar-refractivity contribution is 0.0719. The molecule has 4 nitrogen and oxygen atoms in total. The van der Waals surface area contributed by atoms with E-state index in [9.17, 15) is 9.00 Å². The van der Waals surface area contributed by atoms with Crippen LogP contribution in [0.25, 0.3) is 0 Å². The molecule has 0 radical (unpaired) electrons. The number of nitrogens with zero attached hydrogens (tertiary/aromatic N) is 1. The molecule has 2 aromatic heterocycles. The van der Waals surface area contributed by atoms with E-state index in [1.165, 1.54) is 0 Å². The molecule has 0 N–H and O–H groups in total. The van der Waals surface area contributed by atoms with Crippen molar-refractivity contribution in [2.45, 2.75) is 18.0 Å². The lowest BCUT2D eigenvalue weighted by Gasteiger charge is -2.21. The van der Waals surface area contributed by atoms with Crippen LogP contribution >= 0.6 is 11.3 Å². The Morgan fingerprint density at radius 1 is 1.12 bits per heavy atom. The van der Waals surface area contributed by atoms with E-state index < -0.39 is 10.8 Å². The van der Waals surface area contributed by atoms with Gasteiger partial charge in [-0.3, -0.25) is 9.00 Å². The lowest BCUT2D eigenvalue weighted by atomic mass is 10.2. The molecule has 0 aliphatic heterocycles. The number of rotatable bonds is 6. The van der Waals surface area contributed by atoms with Crippen molar-refractivity contribution in [3.8, 4) is 0 Å². The predicted molar refractivity (Wildman–Crippen MR) is 95.4 cm³/mol. The maximum Gasteiger partial charge on any atom is 0.254 e. The number of furan rings is 1. The molecular weight excluding hydrogens is 342 g/mol. The normalized spacial score (nSPS) is 12.0. The average Bonchev–Trinajstić information content (AvgIpc) is 3.27. The van der Waals surface area contributed by atoms with Crippen LogP contribution in [-0.4, -0.2) is 21.3 Å². The third-order valence-electron chi connectivity index (χ3n) is 3.57. The Labute approximate surface area is 147 Å². The summed E-state index contributed by atoms with van der Waals surface area (Å²) < 4.78 is 16.9. The number of thiophene rings is 1. The van der Waals surface area contributed by atoms with Crippen LogP contribution in [-0.2, 0) is 23.9 Å². The third-order valence-corrected chi connectivity index (χ3v) is 5.37. The molecule has 2 heterocycles. The molecular formula is C18H17NO3S2. The van der Waals surface area contributed by atoms with Gasteiger partial charge >= 0.3 is 0 Å². The number of amides is 1. The number of hydrogen-bond donors (Lipinski definition) is 0. The van der Waals surface area contributed by atoms with Gasteiger partial charge in [0.1, 0.15) is 5.76 Å². The van der Waals surface area contributed by atoms with Crippen LogP contribution in [0, 0.1) is 0 Å². The van der Waals surface area contributed by atoms with Gasteiger partial charge in [-0.15, -0.1) is 11.3 Å². The van der Waals surface area contributed by atoms with E-state index in [4.69, 9.17) is 4.42 Å². The first-order valence-corrected chi connectivity index (χ1v) is 9.85. The molecule has 1 amide bonds. The molecule has 1 atom stereocenters. The average molecular weight is 359 g/mol. The van der Waals surface area contributed by atoms with Crippen LogP contribution in [0.1, 0.15) is 21.0 Å². The summed E-state index contributed by atoms with van der Waals surface area (Å²) in [6.45, 7) is 0.934. The van der Waals surface area contributed by atoms with Crippen molar-refractivity contribution in [2.75, 3.05) is 6.26 Å². The van der Waals surface area contributed by atoms with Crippen LogP contribution in [0.5, 0.6) is 0 Å². The molecule has 0 bridgehead atoms. The van der Waals surface area contributed by atoms with E-state index >= 15 is 0 Å². The minimum Gasteiger partial charge on any atom is -0.467 e. The van der Waals surface area contributed by atoms with Gasteiger partial charge in [0.25, 0.3) is 5.91 Å². The molecule has 0 saturated carbocycles. The summed E-state index contributed by atoms with van der Waals surface area (Å²) in [5.74, 6) is 0.666. The van der Waals surface area contributed by atoms with Crippen molar-refractivity contribution < 1.29 is 13.4 Å². The fraction of sp³-hybridized carbons (Fsp3) is 0.167. The fourth-order valence-electron chi connectivity index (χ4n) is 2.35. The maximum absolute atomic E-state index is 12.9. The molecule has 0 fully saturated rings. The Hall–Kier alpha value is -2.18. The highest BCUT2D eigenvalue weighted by atomic mass is 32.2. The minimum atomic E-state index is -1.05. The van der Waals surface area contributed by atoms with Gasteiger partial charge in [0.2, 0.25) is 0 Å². The smallest absolute Gasteiger partial charge is 0.254 e. The minimum absolute atomic E-state index is 0.0757. The standard InChI is InChI=1S/C18H17NO3S2/c1-24(21)17-8-6-14(7-9-17)18(20)19(12-15-4-2-10-22-15)13-16-5-3-11-23-16/h2-11H,12-13H2,1H3. The van der Waals surface area contributed by atoms with E-state index in [0.29, 0.717) is 23.5 Å². The fourth-order valence-corrected chi connectivity index (χ4v) is 3.59. The summed E-state index contributed by atoms with van der Waals surface area (Å²) >= 11 is 1.62. The number of benzene rings is 1. The van der Waals surface area contributed by atoms with Crippen LogP contribution < -0.4 is 0 Å². The van der Waals surface area contributed by atoms with Gasteiger partial charge in [0.05, 0.1) is 19.4 Å². The molecule has 1 aromatic carbocycles. The zero-order valence-electron chi connectivity index (χ0n) is 13.2. The lowest BCUT2D eigenvalue weighted by Crippen LogP contribution is -2.29. The van der Waals surface area contributed by atoms with Gasteiger partial charge in [-0.2, -0.15) is 0 Å². The molecule has 6 heteroatoms. The Kier molecular flexibility index (Phi) is 5.27. The first-order chi connectivity index (χ1) is 11.6. The molecule has 3 aromatic rings. The van der Waals surface area contributed by atoms with E-state index in [-0.39, 0.29) is 5.91 Å². The Morgan fingerprint density at radius 3 is 2.50 bits per heavy atom. The SMILES string of the molecule is CS(=O)c1ccc(C(=O)N(Cc2ccco2)Cc2cccs2)cc1. The molecule has 24 heavy (non-hydrogen) atoms.